The van der Waals surface area contributed by atoms with Gasteiger partial charge in [-0.2, -0.15) is 5.10 Å². The second kappa shape index (κ2) is 8.04. The predicted octanol–water partition coefficient (Wildman–Crippen LogP) is 2.59. The topological polar surface area (TPSA) is 41.4 Å². The predicted molar refractivity (Wildman–Crippen MR) is 93.5 cm³/mol. The number of carbonyl (C=O) groups excluding carboxylic acids is 1. The molecule has 5 heteroatoms. The second-order valence-electron chi connectivity index (χ2n) is 5.89. The van der Waals surface area contributed by atoms with Gasteiger partial charge in [-0.1, -0.05) is 44.2 Å². The molecule has 5 nitrogen and oxygen atoms in total. The van der Waals surface area contributed by atoms with Crippen LogP contribution in [0.3, 0.4) is 0 Å². The minimum atomic E-state index is 0.0210. The molecule has 0 saturated heterocycles. The van der Waals surface area contributed by atoms with E-state index in [1.165, 1.54) is 0 Å². The van der Waals surface area contributed by atoms with Crippen LogP contribution in [0.1, 0.15) is 24.3 Å². The standard InChI is InChI=1S/C18H26N4O/c1-5-21(6-2)14-18(23)22-16(13-20(3)4)12-17(19-22)15-10-8-7-9-11-15/h7-12H,5-6,13-14H2,1-4H3. The second-order valence-corrected chi connectivity index (χ2v) is 5.89. The van der Waals surface area contributed by atoms with Gasteiger partial charge in [-0.25, -0.2) is 4.68 Å². The quantitative estimate of drug-likeness (QED) is 0.788. The fourth-order valence-electron chi connectivity index (χ4n) is 2.53. The molecule has 1 aromatic carbocycles. The third-order valence-electron chi connectivity index (χ3n) is 3.82. The first kappa shape index (κ1) is 17.4. The summed E-state index contributed by atoms with van der Waals surface area (Å²) in [6, 6.07) is 12.0. The molecule has 0 fully saturated rings. The maximum atomic E-state index is 12.7. The minimum Gasteiger partial charge on any atom is -0.304 e. The molecule has 2 rings (SSSR count). The van der Waals surface area contributed by atoms with Gasteiger partial charge in [0.25, 0.3) is 5.91 Å². The number of aromatic nitrogens is 2. The average Bonchev–Trinajstić information content (AvgIpc) is 2.96. The molecule has 0 radical (unpaired) electrons. The maximum absolute atomic E-state index is 12.7. The molecule has 0 N–H and O–H groups in total. The lowest BCUT2D eigenvalue weighted by Crippen LogP contribution is -2.34. The fraction of sp³-hybridized carbons (Fsp3) is 0.444. The number of carbonyl (C=O) groups is 1. The summed E-state index contributed by atoms with van der Waals surface area (Å²) in [5, 5.41) is 4.57. The zero-order valence-corrected chi connectivity index (χ0v) is 14.5. The van der Waals surface area contributed by atoms with Gasteiger partial charge in [-0.05, 0) is 33.3 Å². The monoisotopic (exact) mass is 314 g/mol. The van der Waals surface area contributed by atoms with E-state index in [9.17, 15) is 4.79 Å². The number of benzene rings is 1. The Balaban J connectivity index is 2.32. The van der Waals surface area contributed by atoms with Crippen molar-refractivity contribution in [2.45, 2.75) is 20.4 Å². The highest BCUT2D eigenvalue weighted by Crippen LogP contribution is 2.19. The molecule has 0 aliphatic rings. The number of rotatable bonds is 7. The molecule has 0 atom stereocenters. The summed E-state index contributed by atoms with van der Waals surface area (Å²) in [5.74, 6) is 0.0210. The maximum Gasteiger partial charge on any atom is 0.261 e. The summed E-state index contributed by atoms with van der Waals surface area (Å²) in [6.45, 7) is 6.93. The van der Waals surface area contributed by atoms with Gasteiger partial charge in [0.15, 0.2) is 0 Å². The molecular formula is C18H26N4O. The first-order valence-electron chi connectivity index (χ1n) is 8.09. The van der Waals surface area contributed by atoms with Crippen molar-refractivity contribution in [3.63, 3.8) is 0 Å². The van der Waals surface area contributed by atoms with Crippen molar-refractivity contribution in [3.8, 4) is 11.3 Å². The molecule has 0 unspecified atom stereocenters. The van der Waals surface area contributed by atoms with Gasteiger partial charge < -0.3 is 4.90 Å². The van der Waals surface area contributed by atoms with E-state index in [1.54, 1.807) is 4.68 Å². The van der Waals surface area contributed by atoms with Crippen molar-refractivity contribution < 1.29 is 4.79 Å². The molecule has 0 spiro atoms. The number of likely N-dealkylation sites (N-methyl/N-ethyl adjacent to an activating group) is 1. The lowest BCUT2D eigenvalue weighted by Gasteiger charge is -2.18. The summed E-state index contributed by atoms with van der Waals surface area (Å²) >= 11 is 0. The molecule has 0 saturated carbocycles. The highest BCUT2D eigenvalue weighted by molar-refractivity contribution is 5.81. The van der Waals surface area contributed by atoms with E-state index in [2.05, 4.69) is 23.8 Å². The molecule has 2 aromatic rings. The van der Waals surface area contributed by atoms with Crippen LogP contribution < -0.4 is 0 Å². The summed E-state index contributed by atoms with van der Waals surface area (Å²) in [6.07, 6.45) is 0. The largest absolute Gasteiger partial charge is 0.304 e. The molecule has 0 aliphatic carbocycles. The molecule has 0 bridgehead atoms. The Hall–Kier alpha value is -1.98. The minimum absolute atomic E-state index is 0.0210. The number of hydrogen-bond donors (Lipinski definition) is 0. The molecule has 124 valence electrons. The third kappa shape index (κ3) is 4.50. The Bertz CT molecular complexity index is 630. The van der Waals surface area contributed by atoms with Crippen LogP contribution in [0.2, 0.25) is 0 Å². The lowest BCUT2D eigenvalue weighted by atomic mass is 10.1. The SMILES string of the molecule is CCN(CC)CC(=O)n1nc(-c2ccccc2)cc1CN(C)C. The first-order valence-corrected chi connectivity index (χ1v) is 8.09. The van der Waals surface area contributed by atoms with Crippen molar-refractivity contribution in [3.05, 3.63) is 42.1 Å². The fourth-order valence-corrected chi connectivity index (χ4v) is 2.53. The van der Waals surface area contributed by atoms with Crippen molar-refractivity contribution in [1.82, 2.24) is 19.6 Å². The Morgan fingerprint density at radius 1 is 1.13 bits per heavy atom. The van der Waals surface area contributed by atoms with Crippen LogP contribution in [0.15, 0.2) is 36.4 Å². The number of nitrogens with zero attached hydrogens (tertiary/aromatic N) is 4. The van der Waals surface area contributed by atoms with E-state index in [4.69, 9.17) is 0 Å². The average molecular weight is 314 g/mol. The Kier molecular flexibility index (Phi) is 6.07. The van der Waals surface area contributed by atoms with E-state index in [0.29, 0.717) is 13.1 Å². The van der Waals surface area contributed by atoms with Gasteiger partial charge >= 0.3 is 0 Å². The summed E-state index contributed by atoms with van der Waals surface area (Å²) in [4.78, 5) is 16.8. The first-order chi connectivity index (χ1) is 11.0. The summed E-state index contributed by atoms with van der Waals surface area (Å²) < 4.78 is 1.57. The van der Waals surface area contributed by atoms with Crippen LogP contribution >= 0.6 is 0 Å². The van der Waals surface area contributed by atoms with Crippen LogP contribution in [0.4, 0.5) is 0 Å². The van der Waals surface area contributed by atoms with Gasteiger partial charge in [0.1, 0.15) is 0 Å². The van der Waals surface area contributed by atoms with E-state index in [0.717, 1.165) is 30.0 Å². The van der Waals surface area contributed by atoms with Gasteiger partial charge in [0.05, 0.1) is 17.9 Å². The van der Waals surface area contributed by atoms with Gasteiger partial charge in [-0.15, -0.1) is 0 Å². The van der Waals surface area contributed by atoms with Crippen LogP contribution in [0.5, 0.6) is 0 Å². The molecule has 1 aromatic heterocycles. The Morgan fingerprint density at radius 3 is 2.35 bits per heavy atom. The summed E-state index contributed by atoms with van der Waals surface area (Å²) in [5.41, 5.74) is 2.79. The smallest absolute Gasteiger partial charge is 0.261 e. The zero-order chi connectivity index (χ0) is 16.8. The van der Waals surface area contributed by atoms with Crippen molar-refractivity contribution in [1.29, 1.82) is 0 Å². The Morgan fingerprint density at radius 2 is 1.78 bits per heavy atom. The van der Waals surface area contributed by atoms with Gasteiger partial charge in [0, 0.05) is 12.1 Å². The van der Waals surface area contributed by atoms with Gasteiger partial charge in [-0.3, -0.25) is 9.69 Å². The van der Waals surface area contributed by atoms with E-state index in [-0.39, 0.29) is 5.91 Å². The van der Waals surface area contributed by atoms with E-state index >= 15 is 0 Å². The highest BCUT2D eigenvalue weighted by Gasteiger charge is 2.17. The third-order valence-corrected chi connectivity index (χ3v) is 3.82. The Labute approximate surface area is 138 Å². The van der Waals surface area contributed by atoms with E-state index < -0.39 is 0 Å². The molecular weight excluding hydrogens is 288 g/mol. The molecule has 1 heterocycles. The lowest BCUT2D eigenvalue weighted by molar-refractivity contribution is 0.0832. The molecule has 0 amide bonds. The summed E-state index contributed by atoms with van der Waals surface area (Å²) in [7, 11) is 3.99. The zero-order valence-electron chi connectivity index (χ0n) is 14.5. The molecule has 0 aliphatic heterocycles. The van der Waals surface area contributed by atoms with E-state index in [1.807, 2.05) is 55.4 Å². The highest BCUT2D eigenvalue weighted by atomic mass is 16.2. The van der Waals surface area contributed by atoms with Gasteiger partial charge in [0.2, 0.25) is 0 Å². The van der Waals surface area contributed by atoms with Crippen LogP contribution in [0, 0.1) is 0 Å². The van der Waals surface area contributed by atoms with Crippen molar-refractivity contribution in [2.24, 2.45) is 0 Å². The van der Waals surface area contributed by atoms with Crippen LogP contribution in [-0.4, -0.2) is 59.2 Å². The molecule has 23 heavy (non-hydrogen) atoms. The van der Waals surface area contributed by atoms with Crippen LogP contribution in [-0.2, 0) is 6.54 Å². The number of hydrogen-bond acceptors (Lipinski definition) is 4. The van der Waals surface area contributed by atoms with Crippen molar-refractivity contribution >= 4 is 5.91 Å². The van der Waals surface area contributed by atoms with Crippen molar-refractivity contribution in [2.75, 3.05) is 33.7 Å². The van der Waals surface area contributed by atoms with Crippen LogP contribution in [0.25, 0.3) is 11.3 Å². The normalized spacial score (nSPS) is 11.4.